The Morgan fingerprint density at radius 3 is 2.06 bits per heavy atom. The Kier molecular flexibility index (Phi) is 11.9. The van der Waals surface area contributed by atoms with Gasteiger partial charge in [0, 0.05) is 20.1 Å². The molecule has 2 rings (SSSR count). The van der Waals surface area contributed by atoms with E-state index in [0.717, 1.165) is 11.1 Å². The molecule has 178 valence electrons. The van der Waals surface area contributed by atoms with Gasteiger partial charge in [0.05, 0.1) is 27.9 Å². The van der Waals surface area contributed by atoms with Gasteiger partial charge in [-0.1, -0.05) is 12.1 Å². The van der Waals surface area contributed by atoms with Gasteiger partial charge in [0.15, 0.2) is 17.5 Å². The van der Waals surface area contributed by atoms with Crippen molar-refractivity contribution in [1.82, 2.24) is 10.2 Å². The fourth-order valence-electron chi connectivity index (χ4n) is 2.99. The van der Waals surface area contributed by atoms with Crippen LogP contribution in [0.1, 0.15) is 18.1 Å². The van der Waals surface area contributed by atoms with E-state index >= 15 is 0 Å². The molecule has 0 unspecified atom stereocenters. The van der Waals surface area contributed by atoms with Crippen molar-refractivity contribution in [3.8, 4) is 23.0 Å². The van der Waals surface area contributed by atoms with Crippen LogP contribution in [-0.4, -0.2) is 52.4 Å². The second-order valence-corrected chi connectivity index (χ2v) is 6.58. The Morgan fingerprint density at radius 1 is 1.00 bits per heavy atom. The van der Waals surface area contributed by atoms with Gasteiger partial charge in [0.1, 0.15) is 5.75 Å². The van der Waals surface area contributed by atoms with Crippen LogP contribution in [0.15, 0.2) is 41.4 Å². The van der Waals surface area contributed by atoms with E-state index in [2.05, 4.69) is 10.1 Å². The average Bonchev–Trinajstić information content (AvgIpc) is 2.76. The Labute approximate surface area is 204 Å². The van der Waals surface area contributed by atoms with Crippen molar-refractivity contribution in [3.63, 3.8) is 0 Å². The third kappa shape index (κ3) is 7.88. The molecule has 0 fully saturated rings. The summed E-state index contributed by atoms with van der Waals surface area (Å²) in [5.41, 5.74) is 1.83. The van der Waals surface area contributed by atoms with E-state index in [1.807, 2.05) is 31.0 Å². The Balaban J connectivity index is 0.00000512. The minimum atomic E-state index is -2.84. The zero-order chi connectivity index (χ0) is 22.8. The molecule has 0 aromatic heterocycles. The summed E-state index contributed by atoms with van der Waals surface area (Å²) in [6.07, 6.45) is 0. The predicted octanol–water partition coefficient (Wildman–Crippen LogP) is 4.53. The van der Waals surface area contributed by atoms with E-state index in [-0.39, 0.29) is 29.7 Å². The van der Waals surface area contributed by atoms with Gasteiger partial charge in [-0.2, -0.15) is 8.78 Å². The lowest BCUT2D eigenvalue weighted by atomic mass is 10.2. The number of benzene rings is 2. The van der Waals surface area contributed by atoms with Crippen LogP contribution in [0.5, 0.6) is 23.0 Å². The highest BCUT2D eigenvalue weighted by Gasteiger charge is 2.14. The zero-order valence-corrected chi connectivity index (χ0v) is 21.2. The topological polar surface area (TPSA) is 64.6 Å². The van der Waals surface area contributed by atoms with E-state index in [1.54, 1.807) is 33.5 Å². The van der Waals surface area contributed by atoms with Crippen molar-refractivity contribution in [1.29, 1.82) is 0 Å². The number of guanidine groups is 1. The number of hydrogen-bond donors (Lipinski definition) is 1. The fourth-order valence-corrected chi connectivity index (χ4v) is 2.99. The van der Waals surface area contributed by atoms with E-state index in [1.165, 1.54) is 12.1 Å². The number of methoxy groups -OCH3 is 3. The molecule has 0 bridgehead atoms. The summed E-state index contributed by atoms with van der Waals surface area (Å²) in [6.45, 7) is 0.774. The molecule has 2 aromatic carbocycles. The van der Waals surface area contributed by atoms with Crippen molar-refractivity contribution >= 4 is 29.9 Å². The van der Waals surface area contributed by atoms with Crippen LogP contribution in [0.4, 0.5) is 8.78 Å². The van der Waals surface area contributed by atoms with Gasteiger partial charge in [-0.25, -0.2) is 4.99 Å². The lowest BCUT2D eigenvalue weighted by molar-refractivity contribution is -0.0498. The summed E-state index contributed by atoms with van der Waals surface area (Å²) < 4.78 is 45.2. The smallest absolute Gasteiger partial charge is 0.387 e. The molecule has 32 heavy (non-hydrogen) atoms. The monoisotopic (exact) mass is 565 g/mol. The highest BCUT2D eigenvalue weighted by Crippen LogP contribution is 2.38. The summed E-state index contributed by atoms with van der Waals surface area (Å²) in [7, 11) is 6.60. The van der Waals surface area contributed by atoms with Gasteiger partial charge >= 0.3 is 6.61 Å². The molecular weight excluding hydrogens is 535 g/mol. The molecule has 1 N–H and O–H groups in total. The predicted molar refractivity (Wildman–Crippen MR) is 131 cm³/mol. The zero-order valence-electron chi connectivity index (χ0n) is 18.9. The highest BCUT2D eigenvalue weighted by molar-refractivity contribution is 14.0. The maximum atomic E-state index is 12.3. The number of hydrogen-bond acceptors (Lipinski definition) is 5. The van der Waals surface area contributed by atoms with Crippen LogP contribution in [0.2, 0.25) is 0 Å². The quantitative estimate of drug-likeness (QED) is 0.260. The van der Waals surface area contributed by atoms with Crippen molar-refractivity contribution in [2.24, 2.45) is 4.99 Å². The van der Waals surface area contributed by atoms with Crippen molar-refractivity contribution in [2.45, 2.75) is 26.6 Å². The molecule has 0 atom stereocenters. The number of aliphatic imine (C=N–C) groups is 1. The van der Waals surface area contributed by atoms with Gasteiger partial charge in [0.25, 0.3) is 0 Å². The lowest BCUT2D eigenvalue weighted by Crippen LogP contribution is -2.38. The molecular formula is C22H30F2IN3O4. The fraction of sp³-hybridized carbons (Fsp3) is 0.409. The van der Waals surface area contributed by atoms with Gasteiger partial charge in [0.2, 0.25) is 5.75 Å². The van der Waals surface area contributed by atoms with Gasteiger partial charge < -0.3 is 29.2 Å². The molecule has 0 heterocycles. The largest absolute Gasteiger partial charge is 0.493 e. The maximum absolute atomic E-state index is 12.3. The second kappa shape index (κ2) is 13.8. The first kappa shape index (κ1) is 27.5. The Hall–Kier alpha value is -2.50. The third-order valence-corrected chi connectivity index (χ3v) is 4.40. The molecule has 0 aliphatic heterocycles. The molecule has 0 aliphatic carbocycles. The summed E-state index contributed by atoms with van der Waals surface area (Å²) in [5.74, 6) is 2.49. The Bertz CT molecular complexity index is 842. The van der Waals surface area contributed by atoms with Crippen LogP contribution >= 0.6 is 24.0 Å². The van der Waals surface area contributed by atoms with Crippen LogP contribution < -0.4 is 24.3 Å². The summed E-state index contributed by atoms with van der Waals surface area (Å²) in [5, 5.41) is 3.25. The van der Waals surface area contributed by atoms with E-state index in [0.29, 0.717) is 42.8 Å². The second-order valence-electron chi connectivity index (χ2n) is 6.58. The van der Waals surface area contributed by atoms with Gasteiger partial charge in [-0.05, 0) is 42.3 Å². The first-order valence-corrected chi connectivity index (χ1v) is 9.73. The lowest BCUT2D eigenvalue weighted by Gasteiger charge is -2.22. The van der Waals surface area contributed by atoms with Gasteiger partial charge in [-0.3, -0.25) is 0 Å². The molecule has 0 amide bonds. The maximum Gasteiger partial charge on any atom is 0.387 e. The van der Waals surface area contributed by atoms with Crippen LogP contribution in [0.3, 0.4) is 0 Å². The molecule has 7 nitrogen and oxygen atoms in total. The minimum Gasteiger partial charge on any atom is -0.493 e. The molecule has 0 saturated carbocycles. The SMILES string of the molecule is CCNC(=NCc1cc(OC)c(OC)c(OC)c1)N(C)Cc1ccc(OC(F)F)cc1.I. The van der Waals surface area contributed by atoms with E-state index in [4.69, 9.17) is 19.2 Å². The number of ether oxygens (including phenoxy) is 4. The molecule has 0 aliphatic rings. The van der Waals surface area contributed by atoms with Crippen molar-refractivity contribution in [2.75, 3.05) is 34.9 Å². The minimum absolute atomic E-state index is 0. The molecule has 10 heteroatoms. The van der Waals surface area contributed by atoms with Gasteiger partial charge in [-0.15, -0.1) is 24.0 Å². The number of nitrogens with zero attached hydrogens (tertiary/aromatic N) is 2. The van der Waals surface area contributed by atoms with E-state index in [9.17, 15) is 8.78 Å². The first-order chi connectivity index (χ1) is 14.9. The number of rotatable bonds is 10. The summed E-state index contributed by atoms with van der Waals surface area (Å²) >= 11 is 0. The summed E-state index contributed by atoms with van der Waals surface area (Å²) in [4.78, 5) is 6.65. The Morgan fingerprint density at radius 2 is 1.59 bits per heavy atom. The summed E-state index contributed by atoms with van der Waals surface area (Å²) in [6, 6.07) is 10.3. The number of alkyl halides is 2. The number of nitrogens with one attached hydrogen (secondary N) is 1. The molecule has 0 radical (unpaired) electrons. The average molecular weight is 565 g/mol. The van der Waals surface area contributed by atoms with Crippen LogP contribution in [0, 0.1) is 0 Å². The van der Waals surface area contributed by atoms with Crippen LogP contribution in [-0.2, 0) is 13.1 Å². The van der Waals surface area contributed by atoms with Crippen LogP contribution in [0.25, 0.3) is 0 Å². The molecule has 0 spiro atoms. The van der Waals surface area contributed by atoms with Crippen molar-refractivity contribution < 1.29 is 27.7 Å². The number of halogens is 3. The van der Waals surface area contributed by atoms with E-state index < -0.39 is 6.61 Å². The normalized spacial score (nSPS) is 10.9. The molecule has 2 aromatic rings. The molecule has 0 saturated heterocycles. The standard InChI is InChI=1S/C22H29F2N3O4.HI/c1-6-25-22(27(2)14-15-7-9-17(10-8-15)31-21(23)24)26-13-16-11-18(28-3)20(30-5)19(12-16)29-4;/h7-12,21H,6,13-14H2,1-5H3,(H,25,26);1H. The highest BCUT2D eigenvalue weighted by atomic mass is 127. The first-order valence-electron chi connectivity index (χ1n) is 9.73. The van der Waals surface area contributed by atoms with Crippen molar-refractivity contribution in [3.05, 3.63) is 47.5 Å². The third-order valence-electron chi connectivity index (χ3n) is 4.40.